The number of amides is 1. The van der Waals surface area contributed by atoms with E-state index in [1.54, 1.807) is 39.0 Å². The number of hydrogen-bond donors (Lipinski definition) is 2. The van der Waals surface area contributed by atoms with Crippen molar-refractivity contribution in [2.45, 2.75) is 39.6 Å². The fourth-order valence-electron chi connectivity index (χ4n) is 2.84. The second-order valence-corrected chi connectivity index (χ2v) is 7.58. The van der Waals surface area contributed by atoms with Gasteiger partial charge in [-0.2, -0.15) is 0 Å². The van der Waals surface area contributed by atoms with Crippen LogP contribution in [-0.2, 0) is 22.7 Å². The van der Waals surface area contributed by atoms with Crippen molar-refractivity contribution in [2.24, 2.45) is 0 Å². The molecule has 0 saturated heterocycles. The van der Waals surface area contributed by atoms with Crippen molar-refractivity contribution in [1.29, 1.82) is 0 Å². The van der Waals surface area contributed by atoms with Crippen molar-refractivity contribution >= 4 is 28.8 Å². The number of hydrogen-bond acceptors (Lipinski definition) is 5. The summed E-state index contributed by atoms with van der Waals surface area (Å²) in [5.74, 6) is 0. The number of carbonyl (C=O) groups excluding carboxylic acids is 2. The predicted octanol–water partition coefficient (Wildman–Crippen LogP) is 4.67. The molecular formula is C22H24N2O5. The zero-order valence-corrected chi connectivity index (χ0v) is 16.6. The molecule has 0 aliphatic carbocycles. The molecule has 0 aliphatic rings. The van der Waals surface area contributed by atoms with Gasteiger partial charge in [-0.1, -0.05) is 36.4 Å². The summed E-state index contributed by atoms with van der Waals surface area (Å²) in [7, 11) is 0. The summed E-state index contributed by atoms with van der Waals surface area (Å²) < 4.78 is 12.0. The SMILES string of the molecule is CC(C)(C)OC(=O)n1cc(CO)c2ccc(NC(=O)OCc3ccccc3)cc21. The number of anilines is 1. The monoisotopic (exact) mass is 396 g/mol. The van der Waals surface area contributed by atoms with E-state index in [1.807, 2.05) is 30.3 Å². The van der Waals surface area contributed by atoms with Gasteiger partial charge in [0.15, 0.2) is 0 Å². The maximum atomic E-state index is 12.5. The molecule has 2 aromatic carbocycles. The second kappa shape index (κ2) is 8.36. The van der Waals surface area contributed by atoms with E-state index in [1.165, 1.54) is 10.8 Å². The Labute approximate surface area is 168 Å². The van der Waals surface area contributed by atoms with Crippen LogP contribution in [0.1, 0.15) is 31.9 Å². The summed E-state index contributed by atoms with van der Waals surface area (Å²) in [5, 5.41) is 13.0. The van der Waals surface area contributed by atoms with Crippen LogP contribution in [0.3, 0.4) is 0 Å². The Bertz CT molecular complexity index is 1020. The molecule has 0 fully saturated rings. The summed E-state index contributed by atoms with van der Waals surface area (Å²) in [5.41, 5.74) is 1.78. The molecular weight excluding hydrogens is 372 g/mol. The number of aliphatic hydroxyl groups is 1. The Hall–Kier alpha value is -3.32. The Kier molecular flexibility index (Phi) is 5.89. The van der Waals surface area contributed by atoms with Crippen molar-refractivity contribution < 1.29 is 24.2 Å². The first kappa shape index (κ1) is 20.4. The lowest BCUT2D eigenvalue weighted by molar-refractivity contribution is 0.0544. The molecule has 0 bridgehead atoms. The Balaban J connectivity index is 1.80. The third kappa shape index (κ3) is 5.14. The highest BCUT2D eigenvalue weighted by Gasteiger charge is 2.21. The largest absolute Gasteiger partial charge is 0.444 e. The molecule has 1 aromatic heterocycles. The lowest BCUT2D eigenvalue weighted by Crippen LogP contribution is -2.26. The number of aliphatic hydroxyl groups excluding tert-OH is 1. The molecule has 2 N–H and O–H groups in total. The Morgan fingerprint density at radius 1 is 1.10 bits per heavy atom. The van der Waals surface area contributed by atoms with E-state index in [4.69, 9.17) is 9.47 Å². The third-order valence-electron chi connectivity index (χ3n) is 4.11. The van der Waals surface area contributed by atoms with Gasteiger partial charge in [0, 0.05) is 22.8 Å². The van der Waals surface area contributed by atoms with E-state index in [2.05, 4.69) is 5.32 Å². The number of aromatic nitrogens is 1. The third-order valence-corrected chi connectivity index (χ3v) is 4.11. The number of nitrogens with zero attached hydrogens (tertiary/aromatic N) is 1. The molecule has 29 heavy (non-hydrogen) atoms. The van der Waals surface area contributed by atoms with Crippen LogP contribution < -0.4 is 5.32 Å². The highest BCUT2D eigenvalue weighted by atomic mass is 16.6. The molecule has 0 spiro atoms. The first-order valence-corrected chi connectivity index (χ1v) is 9.23. The average Bonchev–Trinajstić information content (AvgIpc) is 3.04. The van der Waals surface area contributed by atoms with Gasteiger partial charge in [0.05, 0.1) is 12.1 Å². The highest BCUT2D eigenvalue weighted by molar-refractivity contribution is 5.96. The number of benzene rings is 2. The smallest absolute Gasteiger partial charge is 0.419 e. The maximum Gasteiger partial charge on any atom is 0.419 e. The number of ether oxygens (including phenoxy) is 2. The van der Waals surface area contributed by atoms with Gasteiger partial charge >= 0.3 is 12.2 Å². The molecule has 0 saturated carbocycles. The minimum atomic E-state index is -0.663. The highest BCUT2D eigenvalue weighted by Crippen LogP contribution is 2.26. The van der Waals surface area contributed by atoms with E-state index in [0.717, 1.165) is 5.56 Å². The average molecular weight is 396 g/mol. The van der Waals surface area contributed by atoms with Crippen molar-refractivity contribution in [3.05, 3.63) is 65.9 Å². The first-order chi connectivity index (χ1) is 13.8. The second-order valence-electron chi connectivity index (χ2n) is 7.58. The van der Waals surface area contributed by atoms with Gasteiger partial charge in [-0.15, -0.1) is 0 Å². The van der Waals surface area contributed by atoms with Crippen LogP contribution in [0.2, 0.25) is 0 Å². The summed E-state index contributed by atoms with van der Waals surface area (Å²) in [6.45, 7) is 5.26. The summed E-state index contributed by atoms with van der Waals surface area (Å²) in [6.07, 6.45) is 0.368. The van der Waals surface area contributed by atoms with Crippen LogP contribution in [0.25, 0.3) is 10.9 Å². The van der Waals surface area contributed by atoms with Crippen LogP contribution in [-0.4, -0.2) is 27.5 Å². The molecule has 3 aromatic rings. The summed E-state index contributed by atoms with van der Waals surface area (Å²) in [4.78, 5) is 24.7. The number of rotatable bonds is 4. The van der Waals surface area contributed by atoms with Crippen molar-refractivity contribution in [3.63, 3.8) is 0 Å². The minimum Gasteiger partial charge on any atom is -0.444 e. The molecule has 0 atom stereocenters. The lowest BCUT2D eigenvalue weighted by Gasteiger charge is -2.19. The maximum absolute atomic E-state index is 12.5. The molecule has 3 rings (SSSR count). The van der Waals surface area contributed by atoms with E-state index >= 15 is 0 Å². The lowest BCUT2D eigenvalue weighted by atomic mass is 10.1. The van der Waals surface area contributed by atoms with Crippen molar-refractivity contribution in [1.82, 2.24) is 4.57 Å². The Morgan fingerprint density at radius 2 is 1.83 bits per heavy atom. The van der Waals surface area contributed by atoms with Crippen LogP contribution in [0.5, 0.6) is 0 Å². The number of nitrogens with one attached hydrogen (secondary N) is 1. The van der Waals surface area contributed by atoms with Crippen molar-refractivity contribution in [3.8, 4) is 0 Å². The topological polar surface area (TPSA) is 89.8 Å². The van der Waals surface area contributed by atoms with Crippen LogP contribution in [0.15, 0.2) is 54.7 Å². The van der Waals surface area contributed by atoms with Gasteiger partial charge in [0.2, 0.25) is 0 Å². The van der Waals surface area contributed by atoms with Gasteiger partial charge < -0.3 is 14.6 Å². The molecule has 1 heterocycles. The van der Waals surface area contributed by atoms with Gasteiger partial charge in [-0.05, 0) is 38.5 Å². The zero-order chi connectivity index (χ0) is 21.0. The number of carbonyl (C=O) groups is 2. The normalized spacial score (nSPS) is 11.3. The van der Waals surface area contributed by atoms with Gasteiger partial charge in [-0.25, -0.2) is 9.59 Å². The zero-order valence-electron chi connectivity index (χ0n) is 16.6. The molecule has 0 radical (unpaired) electrons. The fourth-order valence-corrected chi connectivity index (χ4v) is 2.84. The van der Waals surface area contributed by atoms with Gasteiger partial charge in [-0.3, -0.25) is 9.88 Å². The Morgan fingerprint density at radius 3 is 2.48 bits per heavy atom. The molecule has 0 unspecified atom stereocenters. The molecule has 1 amide bonds. The summed E-state index contributed by atoms with van der Waals surface area (Å²) >= 11 is 0. The van der Waals surface area contributed by atoms with Crippen LogP contribution in [0, 0.1) is 0 Å². The van der Waals surface area contributed by atoms with Gasteiger partial charge in [0.1, 0.15) is 12.2 Å². The van der Waals surface area contributed by atoms with E-state index in [0.29, 0.717) is 22.2 Å². The molecule has 152 valence electrons. The summed E-state index contributed by atoms with van der Waals surface area (Å²) in [6, 6.07) is 14.4. The van der Waals surface area contributed by atoms with E-state index < -0.39 is 17.8 Å². The van der Waals surface area contributed by atoms with Crippen LogP contribution >= 0.6 is 0 Å². The predicted molar refractivity (Wildman–Crippen MR) is 110 cm³/mol. The van der Waals surface area contributed by atoms with Gasteiger partial charge in [0.25, 0.3) is 0 Å². The quantitative estimate of drug-likeness (QED) is 0.669. The fraction of sp³-hybridized carbons (Fsp3) is 0.273. The molecule has 0 aliphatic heterocycles. The molecule has 7 heteroatoms. The van der Waals surface area contributed by atoms with Crippen molar-refractivity contribution in [2.75, 3.05) is 5.32 Å². The van der Waals surface area contributed by atoms with E-state index in [-0.39, 0.29) is 13.2 Å². The minimum absolute atomic E-state index is 0.151. The van der Waals surface area contributed by atoms with E-state index in [9.17, 15) is 14.7 Å². The number of fused-ring (bicyclic) bond motifs is 1. The standard InChI is InChI=1S/C22H24N2O5/c1-22(2,3)29-21(27)24-12-16(13-25)18-10-9-17(11-19(18)24)23-20(26)28-14-15-7-5-4-6-8-15/h4-12,25H,13-14H2,1-3H3,(H,23,26). The molecule has 7 nitrogen and oxygen atoms in total. The first-order valence-electron chi connectivity index (χ1n) is 9.23. The van der Waals surface area contributed by atoms with Crippen LogP contribution in [0.4, 0.5) is 15.3 Å².